The molecule has 0 fully saturated rings. The van der Waals surface area contributed by atoms with Crippen molar-refractivity contribution in [2.45, 2.75) is 12.8 Å². The zero-order valence-electron chi connectivity index (χ0n) is 10.6. The van der Waals surface area contributed by atoms with Crippen LogP contribution in [0.2, 0.25) is 0 Å². The minimum atomic E-state index is -2.29. The molecule has 0 bridgehead atoms. The van der Waals surface area contributed by atoms with E-state index in [0.717, 1.165) is 18.6 Å². The van der Waals surface area contributed by atoms with Crippen LogP contribution in [0.3, 0.4) is 0 Å². The van der Waals surface area contributed by atoms with Crippen LogP contribution in [0.5, 0.6) is 5.75 Å². The number of rotatable bonds is 4. The predicted molar refractivity (Wildman–Crippen MR) is 70.8 cm³/mol. The Balaban J connectivity index is 0.00000133. The van der Waals surface area contributed by atoms with Crippen molar-refractivity contribution < 1.29 is 37.1 Å². The van der Waals surface area contributed by atoms with Crippen LogP contribution in [0.25, 0.3) is 0 Å². The molecule has 2 aliphatic rings. The summed E-state index contributed by atoms with van der Waals surface area (Å²) in [5.41, 5.74) is 0. The molecule has 0 saturated heterocycles. The van der Waals surface area contributed by atoms with Gasteiger partial charge in [0.15, 0.2) is 0 Å². The van der Waals surface area contributed by atoms with Crippen LogP contribution >= 0.6 is 0 Å². The predicted octanol–water partition coefficient (Wildman–Crippen LogP) is 1.29. The fourth-order valence-corrected chi connectivity index (χ4v) is 9.89. The molecule has 0 N–H and O–H groups in total. The molecule has 0 radical (unpaired) electrons. The summed E-state index contributed by atoms with van der Waals surface area (Å²) in [5, 5.41) is 0. The Morgan fingerprint density at radius 1 is 0.842 bits per heavy atom. The quantitative estimate of drug-likeness (QED) is 0.646. The Morgan fingerprint density at radius 2 is 1.42 bits per heavy atom. The molecule has 0 aromatic heterocycles. The maximum Gasteiger partial charge on any atom is -1.00 e. The third-order valence-corrected chi connectivity index (χ3v) is 11.5. The summed E-state index contributed by atoms with van der Waals surface area (Å²) in [6.45, 7) is 0. The average Bonchev–Trinajstić information content (AvgIpc) is 3.11. The van der Waals surface area contributed by atoms with E-state index in [1.165, 1.54) is 0 Å². The second-order valence-corrected chi connectivity index (χ2v) is 12.1. The number of halogens is 1. The van der Waals surface area contributed by atoms with Crippen LogP contribution < -0.4 is 15.3 Å². The van der Waals surface area contributed by atoms with Crippen molar-refractivity contribution in [2.24, 2.45) is 0 Å². The second-order valence-electron chi connectivity index (χ2n) is 4.39. The van der Waals surface area contributed by atoms with E-state index in [4.69, 9.17) is 2.85 Å². The van der Waals surface area contributed by atoms with E-state index < -0.39 is 21.9 Å². The van der Waals surface area contributed by atoms with Gasteiger partial charge in [-0.2, -0.15) is 0 Å². The Morgan fingerprint density at radius 3 is 1.89 bits per heavy atom. The van der Waals surface area contributed by atoms with E-state index >= 15 is 0 Å². The molecule has 0 unspecified atom stereocenters. The Bertz CT molecular complexity index is 513. The van der Waals surface area contributed by atoms with Gasteiger partial charge in [0.05, 0.1) is 0 Å². The van der Waals surface area contributed by atoms with Crippen molar-refractivity contribution in [2.75, 3.05) is 0 Å². The van der Waals surface area contributed by atoms with Gasteiger partial charge in [-0.1, -0.05) is 0 Å². The first-order valence-corrected chi connectivity index (χ1v) is 11.3. The first-order valence-electron chi connectivity index (χ1n) is 6.25. The fourth-order valence-electron chi connectivity index (χ4n) is 2.17. The summed E-state index contributed by atoms with van der Waals surface area (Å²) >= 11 is -2.29. The van der Waals surface area contributed by atoms with Crippen LogP contribution in [0.4, 0.5) is 0 Å². The van der Waals surface area contributed by atoms with Gasteiger partial charge in [0.25, 0.3) is 0 Å². The molecule has 96 valence electrons. The summed E-state index contributed by atoms with van der Waals surface area (Å²) < 4.78 is 9.49. The van der Waals surface area contributed by atoms with E-state index in [1.54, 1.807) is 6.66 Å². The van der Waals surface area contributed by atoms with Gasteiger partial charge in [0.1, 0.15) is 0 Å². The molecule has 1 nitrogen and oxygen atoms in total. The number of hydrogen-bond acceptors (Lipinski definition) is 1. The van der Waals surface area contributed by atoms with E-state index in [9.17, 15) is 0 Å². The first-order chi connectivity index (χ1) is 8.93. The van der Waals surface area contributed by atoms with Gasteiger partial charge in [0.2, 0.25) is 0 Å². The fraction of sp³-hybridized carbons (Fsp3) is 0.125. The van der Waals surface area contributed by atoms with E-state index in [-0.39, 0.29) is 12.4 Å². The Hall–Kier alpha value is -0.860. The van der Waals surface area contributed by atoms with Crippen molar-refractivity contribution in [3.8, 4) is 5.75 Å². The molecule has 0 amide bonds. The van der Waals surface area contributed by atoms with Crippen LogP contribution in [-0.4, -0.2) is 0 Å². The molecule has 3 rings (SSSR count). The van der Waals surface area contributed by atoms with Crippen molar-refractivity contribution in [3.05, 3.63) is 73.4 Å². The molecule has 0 heterocycles. The second kappa shape index (κ2) is 7.06. The smallest absolute Gasteiger partial charge is 1.00 e. The molecule has 0 spiro atoms. The maximum atomic E-state index is 6.38. The van der Waals surface area contributed by atoms with Crippen LogP contribution in [0, 0.1) is 0 Å². The Kier molecular flexibility index (Phi) is 5.41. The topological polar surface area (TPSA) is 9.23 Å². The van der Waals surface area contributed by atoms with Gasteiger partial charge in [-0.15, -0.1) is 0 Å². The average molecular weight is 437 g/mol. The van der Waals surface area contributed by atoms with Gasteiger partial charge < -0.3 is 12.4 Å². The standard InChI is InChI=1S/C6H6O.2C5H5.ClH.Hf/c7-6-4-2-1-3-5-6;2*1-2-4-5-3-1;;/h1-5,7H;2*1-3H,4H2;1H;/q;;;;+2/p-2. The molecule has 1 aromatic rings. The third-order valence-electron chi connectivity index (χ3n) is 3.09. The normalized spacial score (nSPS) is 15.8. The van der Waals surface area contributed by atoms with E-state index in [2.05, 4.69) is 48.6 Å². The van der Waals surface area contributed by atoms with Gasteiger partial charge in [-0.25, -0.2) is 0 Å². The SMILES string of the molecule is C1=CC[C]([Hf+]([O]c2ccccc2)[C]2=CC=CC2)=C1.[Cl-]. The van der Waals surface area contributed by atoms with E-state index in [1.807, 2.05) is 18.2 Å². The number of benzene rings is 1. The van der Waals surface area contributed by atoms with Gasteiger partial charge in [-0.3, -0.25) is 0 Å². The van der Waals surface area contributed by atoms with Crippen LogP contribution in [0.1, 0.15) is 12.8 Å². The number of allylic oxidation sites excluding steroid dienone is 8. The summed E-state index contributed by atoms with van der Waals surface area (Å²) in [5.74, 6) is 1.03. The Labute approximate surface area is 128 Å². The zero-order chi connectivity index (χ0) is 12.2. The molecular weight excluding hydrogens is 422 g/mol. The summed E-state index contributed by atoms with van der Waals surface area (Å²) in [6.07, 6.45) is 15.5. The largest absolute Gasteiger partial charge is 1.00 e. The molecule has 2 aliphatic carbocycles. The molecule has 3 heteroatoms. The summed E-state index contributed by atoms with van der Waals surface area (Å²) in [7, 11) is 0. The van der Waals surface area contributed by atoms with Gasteiger partial charge in [0, 0.05) is 0 Å². The van der Waals surface area contributed by atoms with Crippen molar-refractivity contribution in [1.29, 1.82) is 0 Å². The minimum Gasteiger partial charge on any atom is -1.00 e. The van der Waals surface area contributed by atoms with Gasteiger partial charge >= 0.3 is 117 Å². The molecule has 19 heavy (non-hydrogen) atoms. The van der Waals surface area contributed by atoms with Crippen molar-refractivity contribution in [1.82, 2.24) is 0 Å². The van der Waals surface area contributed by atoms with Crippen molar-refractivity contribution in [3.63, 3.8) is 0 Å². The zero-order valence-corrected chi connectivity index (χ0v) is 14.9. The molecule has 0 atom stereocenters. The molecule has 1 aromatic carbocycles. The monoisotopic (exact) mass is 438 g/mol. The molecule has 0 aliphatic heterocycles. The minimum absolute atomic E-state index is 0. The molecular formula is C16H15ClHfO. The van der Waals surface area contributed by atoms with Crippen LogP contribution in [0.15, 0.2) is 73.4 Å². The summed E-state index contributed by atoms with van der Waals surface area (Å²) in [6, 6.07) is 10.3. The maximum absolute atomic E-state index is 6.38. The van der Waals surface area contributed by atoms with Gasteiger partial charge in [-0.05, 0) is 0 Å². The van der Waals surface area contributed by atoms with Crippen molar-refractivity contribution >= 4 is 0 Å². The molecule has 0 saturated carbocycles. The number of para-hydroxylation sites is 1. The third kappa shape index (κ3) is 3.58. The van der Waals surface area contributed by atoms with Crippen LogP contribution in [-0.2, 0) is 21.9 Å². The van der Waals surface area contributed by atoms with E-state index in [0.29, 0.717) is 0 Å². The number of hydrogen-bond donors (Lipinski definition) is 0. The summed E-state index contributed by atoms with van der Waals surface area (Å²) in [4.78, 5) is 0. The first kappa shape index (κ1) is 14.5.